The molecule has 0 aliphatic heterocycles. The molecule has 0 saturated carbocycles. The van der Waals surface area contributed by atoms with Crippen molar-refractivity contribution in [2.45, 2.75) is 51.6 Å². The summed E-state index contributed by atoms with van der Waals surface area (Å²) in [6.07, 6.45) is 8.11. The Kier molecular flexibility index (Phi) is 10.2. The highest BCUT2D eigenvalue weighted by Crippen LogP contribution is 2.28. The minimum atomic E-state index is -0.628. The van der Waals surface area contributed by atoms with Crippen LogP contribution in [0, 0.1) is 0 Å². The molecule has 0 saturated heterocycles. The van der Waals surface area contributed by atoms with Gasteiger partial charge in [-0.3, -0.25) is 4.57 Å². The molecular weight excluding hydrogens is 524 g/mol. The molecule has 0 aliphatic rings. The van der Waals surface area contributed by atoms with Gasteiger partial charge in [-0.25, -0.2) is 9.97 Å². The van der Waals surface area contributed by atoms with E-state index in [1.165, 1.54) is 36.8 Å². The van der Waals surface area contributed by atoms with Crippen LogP contribution >= 0.6 is 0 Å². The number of pyridine rings is 1. The Morgan fingerprint density at radius 1 is 0.881 bits per heavy atom. The molecule has 0 fully saturated rings. The number of imidazole rings is 1. The summed E-state index contributed by atoms with van der Waals surface area (Å²) in [6.45, 7) is 3.60. The molecule has 0 amide bonds. The highest BCUT2D eigenvalue weighted by atomic mass is 16.5. The second-order valence-corrected chi connectivity index (χ2v) is 10.7. The van der Waals surface area contributed by atoms with Gasteiger partial charge >= 0.3 is 0 Å². The van der Waals surface area contributed by atoms with Crippen LogP contribution < -0.4 is 10.1 Å². The standard InChI is InChI=1S/C35H40N4O3/c1-2-3-4-5-8-27-9-6-10-28(23-27)34-38-33-11-7-21-37-35(33)39(34)29-14-12-26(13-15-29)20-22-36-24-31(41)25-42-32-18-16-30(40)17-19-32/h6-7,9-19,21,23,31,36,40-41H,2-5,8,20,22,24-25H2,1H3. The summed E-state index contributed by atoms with van der Waals surface area (Å²) in [6, 6.07) is 27.7. The summed E-state index contributed by atoms with van der Waals surface area (Å²) >= 11 is 0. The summed E-state index contributed by atoms with van der Waals surface area (Å²) in [5, 5.41) is 22.9. The Morgan fingerprint density at radius 2 is 1.71 bits per heavy atom. The molecule has 0 aliphatic carbocycles. The van der Waals surface area contributed by atoms with Gasteiger partial charge in [0, 0.05) is 24.0 Å². The molecule has 0 spiro atoms. The number of phenolic OH excluding ortho intramolecular Hbond substituents is 1. The van der Waals surface area contributed by atoms with Crippen LogP contribution in [0.3, 0.4) is 0 Å². The molecular formula is C35H40N4O3. The van der Waals surface area contributed by atoms with E-state index >= 15 is 0 Å². The Bertz CT molecular complexity index is 1550. The fourth-order valence-corrected chi connectivity index (χ4v) is 5.08. The maximum atomic E-state index is 10.2. The molecule has 5 rings (SSSR count). The van der Waals surface area contributed by atoms with Gasteiger partial charge in [-0.2, -0.15) is 0 Å². The van der Waals surface area contributed by atoms with Crippen LogP contribution in [-0.2, 0) is 12.8 Å². The molecule has 7 heteroatoms. The second-order valence-electron chi connectivity index (χ2n) is 10.7. The number of hydrogen-bond donors (Lipinski definition) is 3. The molecule has 5 aromatic rings. The number of hydrogen-bond acceptors (Lipinski definition) is 6. The van der Waals surface area contributed by atoms with Gasteiger partial charge in [0.1, 0.15) is 35.6 Å². The predicted octanol–water partition coefficient (Wildman–Crippen LogP) is 6.49. The number of fused-ring (bicyclic) bond motifs is 1. The van der Waals surface area contributed by atoms with Crippen molar-refractivity contribution in [3.63, 3.8) is 0 Å². The molecule has 42 heavy (non-hydrogen) atoms. The van der Waals surface area contributed by atoms with Gasteiger partial charge in [0.25, 0.3) is 0 Å². The van der Waals surface area contributed by atoms with E-state index in [0.717, 1.165) is 47.6 Å². The number of aromatic nitrogens is 3. The Labute approximate surface area is 247 Å². The lowest BCUT2D eigenvalue weighted by Gasteiger charge is -2.14. The monoisotopic (exact) mass is 564 g/mol. The Balaban J connectivity index is 1.21. The van der Waals surface area contributed by atoms with E-state index in [2.05, 4.69) is 70.3 Å². The molecule has 2 heterocycles. The summed E-state index contributed by atoms with van der Waals surface area (Å²) in [5.74, 6) is 1.70. The Morgan fingerprint density at radius 3 is 2.52 bits per heavy atom. The van der Waals surface area contributed by atoms with Crippen LogP contribution in [0.5, 0.6) is 11.5 Å². The first-order chi connectivity index (χ1) is 20.6. The van der Waals surface area contributed by atoms with E-state index in [9.17, 15) is 10.2 Å². The number of unbranched alkanes of at least 4 members (excludes halogenated alkanes) is 3. The minimum absolute atomic E-state index is 0.184. The lowest BCUT2D eigenvalue weighted by atomic mass is 10.0. The zero-order valence-corrected chi connectivity index (χ0v) is 24.2. The number of phenols is 1. The topological polar surface area (TPSA) is 92.4 Å². The Hall–Kier alpha value is -4.20. The fraction of sp³-hybridized carbons (Fsp3) is 0.314. The van der Waals surface area contributed by atoms with Crippen LogP contribution in [0.4, 0.5) is 0 Å². The normalized spacial score (nSPS) is 12.0. The number of rotatable bonds is 15. The van der Waals surface area contributed by atoms with Crippen molar-refractivity contribution in [3.8, 4) is 28.6 Å². The lowest BCUT2D eigenvalue weighted by Crippen LogP contribution is -2.32. The first-order valence-electron chi connectivity index (χ1n) is 14.9. The van der Waals surface area contributed by atoms with Gasteiger partial charge in [0.2, 0.25) is 0 Å². The van der Waals surface area contributed by atoms with Crippen molar-refractivity contribution in [3.05, 3.63) is 102 Å². The van der Waals surface area contributed by atoms with Crippen LogP contribution in [0.25, 0.3) is 28.2 Å². The van der Waals surface area contributed by atoms with Gasteiger partial charge in [0.15, 0.2) is 5.65 Å². The predicted molar refractivity (Wildman–Crippen MR) is 168 cm³/mol. The average Bonchev–Trinajstić information content (AvgIpc) is 3.41. The van der Waals surface area contributed by atoms with Crippen LogP contribution in [-0.4, -0.2) is 50.5 Å². The minimum Gasteiger partial charge on any atom is -0.508 e. The van der Waals surface area contributed by atoms with E-state index < -0.39 is 6.10 Å². The van der Waals surface area contributed by atoms with Crippen molar-refractivity contribution in [2.24, 2.45) is 0 Å². The number of nitrogens with zero attached hydrogens (tertiary/aromatic N) is 3. The molecule has 218 valence electrons. The third-order valence-corrected chi connectivity index (χ3v) is 7.36. The van der Waals surface area contributed by atoms with Gasteiger partial charge in [-0.15, -0.1) is 0 Å². The fourth-order valence-electron chi connectivity index (χ4n) is 5.08. The molecule has 1 atom stereocenters. The maximum Gasteiger partial charge on any atom is 0.164 e. The van der Waals surface area contributed by atoms with Crippen LogP contribution in [0.2, 0.25) is 0 Å². The van der Waals surface area contributed by atoms with Crippen molar-refractivity contribution in [1.29, 1.82) is 0 Å². The molecule has 1 unspecified atom stereocenters. The number of nitrogens with one attached hydrogen (secondary N) is 1. The van der Waals surface area contributed by atoms with Crippen molar-refractivity contribution >= 4 is 11.2 Å². The van der Waals surface area contributed by atoms with Gasteiger partial charge < -0.3 is 20.3 Å². The zero-order chi connectivity index (χ0) is 29.1. The summed E-state index contributed by atoms with van der Waals surface area (Å²) in [7, 11) is 0. The van der Waals surface area contributed by atoms with E-state index in [4.69, 9.17) is 9.72 Å². The maximum absolute atomic E-state index is 10.2. The van der Waals surface area contributed by atoms with E-state index in [1.807, 2.05) is 18.3 Å². The number of aliphatic hydroxyl groups is 1. The summed E-state index contributed by atoms with van der Waals surface area (Å²) in [4.78, 5) is 9.67. The SMILES string of the molecule is CCCCCCc1cccc(-c2nc3cccnc3n2-c2ccc(CCNCC(O)COc3ccc(O)cc3)cc2)c1. The molecule has 7 nitrogen and oxygen atoms in total. The van der Waals surface area contributed by atoms with Gasteiger partial charge in [0.05, 0.1) is 0 Å². The molecule has 3 aromatic carbocycles. The second kappa shape index (κ2) is 14.6. The number of aryl methyl sites for hydroxylation is 1. The van der Waals surface area contributed by atoms with Crippen molar-refractivity contribution in [1.82, 2.24) is 19.9 Å². The third-order valence-electron chi connectivity index (χ3n) is 7.36. The highest BCUT2D eigenvalue weighted by molar-refractivity contribution is 5.80. The number of aliphatic hydroxyl groups excluding tert-OH is 1. The highest BCUT2D eigenvalue weighted by Gasteiger charge is 2.16. The van der Waals surface area contributed by atoms with Crippen molar-refractivity contribution in [2.75, 3.05) is 19.7 Å². The van der Waals surface area contributed by atoms with E-state index in [0.29, 0.717) is 12.3 Å². The van der Waals surface area contributed by atoms with E-state index in [-0.39, 0.29) is 12.4 Å². The van der Waals surface area contributed by atoms with Crippen LogP contribution in [0.15, 0.2) is 91.1 Å². The first-order valence-corrected chi connectivity index (χ1v) is 14.9. The smallest absolute Gasteiger partial charge is 0.164 e. The average molecular weight is 565 g/mol. The third kappa shape index (κ3) is 7.75. The van der Waals surface area contributed by atoms with E-state index in [1.54, 1.807) is 24.3 Å². The number of ether oxygens (including phenoxy) is 1. The first kappa shape index (κ1) is 29.3. The number of aromatic hydroxyl groups is 1. The quantitative estimate of drug-likeness (QED) is 0.126. The molecule has 2 aromatic heterocycles. The van der Waals surface area contributed by atoms with Gasteiger partial charge in [-0.1, -0.05) is 56.5 Å². The molecule has 0 bridgehead atoms. The largest absolute Gasteiger partial charge is 0.508 e. The molecule has 0 radical (unpaired) electrons. The number of benzene rings is 3. The zero-order valence-electron chi connectivity index (χ0n) is 24.2. The summed E-state index contributed by atoms with van der Waals surface area (Å²) < 4.78 is 7.73. The summed E-state index contributed by atoms with van der Waals surface area (Å²) in [5.41, 5.74) is 6.39. The van der Waals surface area contributed by atoms with Crippen LogP contribution in [0.1, 0.15) is 43.7 Å². The molecule has 3 N–H and O–H groups in total. The lowest BCUT2D eigenvalue weighted by molar-refractivity contribution is 0.106. The van der Waals surface area contributed by atoms with Gasteiger partial charge in [-0.05, 0) is 91.5 Å². The van der Waals surface area contributed by atoms with Crippen molar-refractivity contribution < 1.29 is 14.9 Å².